The molecule has 2 N–H and O–H groups in total. The van der Waals surface area contributed by atoms with Crippen molar-refractivity contribution in [2.45, 2.75) is 70.6 Å². The zero-order chi connectivity index (χ0) is 26.9. The summed E-state index contributed by atoms with van der Waals surface area (Å²) in [4.78, 5) is 5.65. The van der Waals surface area contributed by atoms with Gasteiger partial charge >= 0.3 is 0 Å². The highest BCUT2D eigenvalue weighted by atomic mass is 32.2. The molecule has 0 saturated heterocycles. The summed E-state index contributed by atoms with van der Waals surface area (Å²) in [5, 5.41) is 20.1. The van der Waals surface area contributed by atoms with Gasteiger partial charge in [0.25, 0.3) is 0 Å². The van der Waals surface area contributed by atoms with Crippen molar-refractivity contribution in [2.24, 2.45) is 5.92 Å². The molecule has 9 heteroatoms. The summed E-state index contributed by atoms with van der Waals surface area (Å²) >= 11 is 1.56. The molecular weight excluding hydrogens is 518 g/mol. The van der Waals surface area contributed by atoms with E-state index in [1.54, 1.807) is 11.3 Å². The number of thiazole rings is 1. The Bertz CT molecular complexity index is 1460. The third-order valence-corrected chi connectivity index (χ3v) is 9.88. The van der Waals surface area contributed by atoms with Crippen LogP contribution in [0.25, 0.3) is 21.0 Å². The van der Waals surface area contributed by atoms with E-state index in [1.165, 1.54) is 0 Å². The number of benzene rings is 2. The van der Waals surface area contributed by atoms with Crippen molar-refractivity contribution < 1.29 is 18.3 Å². The average molecular weight is 552 g/mol. The van der Waals surface area contributed by atoms with E-state index in [4.69, 9.17) is 4.74 Å². The molecule has 3 atom stereocenters. The van der Waals surface area contributed by atoms with Gasteiger partial charge in [0.1, 0.15) is 16.8 Å². The molecular formula is C29H33N3O4S2. The normalized spacial score (nSPS) is 21.0. The molecule has 0 spiro atoms. The fraction of sp³-hybridized carbons (Fsp3) is 0.448. The van der Waals surface area contributed by atoms with Crippen LogP contribution in [-0.2, 0) is 16.4 Å². The molecule has 0 aliphatic heterocycles. The first-order chi connectivity index (χ1) is 18.2. The van der Waals surface area contributed by atoms with Gasteiger partial charge in [0, 0.05) is 17.8 Å². The largest absolute Gasteiger partial charge is 0.490 e. The van der Waals surface area contributed by atoms with E-state index in [9.17, 15) is 18.8 Å². The minimum Gasteiger partial charge on any atom is -0.490 e. The second-order valence-corrected chi connectivity index (χ2v) is 13.4. The lowest BCUT2D eigenvalue weighted by molar-refractivity contribution is 0.177. The number of nitriles is 1. The number of hydrogen-bond acceptors (Lipinski definition) is 7. The Morgan fingerprint density at radius 3 is 2.82 bits per heavy atom. The molecule has 7 nitrogen and oxygen atoms in total. The lowest BCUT2D eigenvalue weighted by Gasteiger charge is -2.16. The number of aliphatic hydroxyl groups is 1. The molecule has 0 bridgehead atoms. The van der Waals surface area contributed by atoms with Crippen LogP contribution >= 0.6 is 11.3 Å². The van der Waals surface area contributed by atoms with Crippen LogP contribution in [0.2, 0.25) is 0 Å². The van der Waals surface area contributed by atoms with E-state index in [2.05, 4.69) is 21.8 Å². The van der Waals surface area contributed by atoms with E-state index in [0.717, 1.165) is 57.8 Å². The topological polar surface area (TPSA) is 112 Å². The first-order valence-electron chi connectivity index (χ1n) is 13.2. The quantitative estimate of drug-likeness (QED) is 0.358. The molecule has 1 unspecified atom stereocenters. The summed E-state index contributed by atoms with van der Waals surface area (Å²) in [6, 6.07) is 13.6. The number of hydrogen-bond donors (Lipinski definition) is 2. The fourth-order valence-electron chi connectivity index (χ4n) is 5.56. The third-order valence-electron chi connectivity index (χ3n) is 7.38. The minimum atomic E-state index is -3.42. The Morgan fingerprint density at radius 2 is 2.08 bits per heavy atom. The molecule has 2 aliphatic rings. The van der Waals surface area contributed by atoms with Gasteiger partial charge in [-0.05, 0) is 93.2 Å². The van der Waals surface area contributed by atoms with E-state index in [1.807, 2.05) is 50.4 Å². The van der Waals surface area contributed by atoms with Crippen molar-refractivity contribution in [1.29, 1.82) is 5.26 Å². The SMILES string of the molecule is CC(C)Oc1ccc(-c2ncc(-c3cccc4c3CC[C@@H]4NS(=O)(=O)CCC3CC[C@H](O)C3)s2)cc1C#N. The maximum absolute atomic E-state index is 12.9. The van der Waals surface area contributed by atoms with Gasteiger partial charge in [-0.1, -0.05) is 18.2 Å². The van der Waals surface area contributed by atoms with Crippen molar-refractivity contribution in [3.05, 3.63) is 59.3 Å². The van der Waals surface area contributed by atoms with E-state index < -0.39 is 10.0 Å². The Labute approximate surface area is 228 Å². The maximum atomic E-state index is 12.9. The smallest absolute Gasteiger partial charge is 0.212 e. The summed E-state index contributed by atoms with van der Waals surface area (Å²) < 4.78 is 34.4. The Balaban J connectivity index is 1.32. The summed E-state index contributed by atoms with van der Waals surface area (Å²) in [6.07, 6.45) is 6.04. The molecule has 38 heavy (non-hydrogen) atoms. The van der Waals surface area contributed by atoms with Crippen LogP contribution in [0.15, 0.2) is 42.6 Å². The highest BCUT2D eigenvalue weighted by Crippen LogP contribution is 2.41. The number of nitrogens with one attached hydrogen (secondary N) is 1. The van der Waals surface area contributed by atoms with Gasteiger partial charge in [-0.3, -0.25) is 0 Å². The van der Waals surface area contributed by atoms with E-state index >= 15 is 0 Å². The zero-order valence-corrected chi connectivity index (χ0v) is 23.3. The van der Waals surface area contributed by atoms with Gasteiger partial charge in [-0.2, -0.15) is 5.26 Å². The molecule has 1 aromatic heterocycles. The molecule has 200 valence electrons. The molecule has 2 aliphatic carbocycles. The number of aromatic nitrogens is 1. The molecule has 5 rings (SSSR count). The van der Waals surface area contributed by atoms with Crippen LogP contribution in [0.3, 0.4) is 0 Å². The van der Waals surface area contributed by atoms with Crippen molar-refractivity contribution in [1.82, 2.24) is 9.71 Å². The second kappa shape index (κ2) is 11.1. The number of nitrogens with zero attached hydrogens (tertiary/aromatic N) is 2. The van der Waals surface area contributed by atoms with Gasteiger partial charge in [-0.25, -0.2) is 18.1 Å². The summed E-state index contributed by atoms with van der Waals surface area (Å²) in [5.41, 5.74) is 4.61. The number of rotatable bonds is 9. The molecule has 0 amide bonds. The highest BCUT2D eigenvalue weighted by Gasteiger charge is 2.30. The molecule has 1 saturated carbocycles. The molecule has 3 aromatic rings. The van der Waals surface area contributed by atoms with Crippen LogP contribution < -0.4 is 9.46 Å². The highest BCUT2D eigenvalue weighted by molar-refractivity contribution is 7.89. The third kappa shape index (κ3) is 5.94. The Kier molecular flexibility index (Phi) is 7.87. The van der Waals surface area contributed by atoms with Crippen LogP contribution in [0.5, 0.6) is 5.75 Å². The van der Waals surface area contributed by atoms with Crippen LogP contribution in [-0.4, -0.2) is 36.5 Å². The monoisotopic (exact) mass is 551 g/mol. The lowest BCUT2D eigenvalue weighted by atomic mass is 10.0. The summed E-state index contributed by atoms with van der Waals surface area (Å²) in [6.45, 7) is 3.86. The average Bonchev–Trinajstić information content (AvgIpc) is 3.63. The Morgan fingerprint density at radius 1 is 1.24 bits per heavy atom. The minimum absolute atomic E-state index is 0.0192. The predicted octanol–water partition coefficient (Wildman–Crippen LogP) is 5.59. The standard InChI is InChI=1S/C29H33N3O4S2/c1-18(2)36-27-11-7-20(15-21(27)16-30)29-31-17-28(37-29)25-5-3-4-24-23(25)9-10-26(24)32-38(34,35)13-12-19-6-8-22(33)14-19/h3-5,7,11,15,17-19,22,26,32-33H,6,8-10,12-14H2,1-2H3/t19?,22-,26-/m0/s1. The molecule has 2 aromatic carbocycles. The van der Waals surface area contributed by atoms with Crippen molar-refractivity contribution in [3.63, 3.8) is 0 Å². The molecule has 0 radical (unpaired) electrons. The molecule has 1 fully saturated rings. The fourth-order valence-corrected chi connectivity index (χ4v) is 7.96. The van der Waals surface area contributed by atoms with Gasteiger partial charge in [0.2, 0.25) is 10.0 Å². The number of fused-ring (bicyclic) bond motifs is 1. The van der Waals surface area contributed by atoms with E-state index in [0.29, 0.717) is 24.2 Å². The first kappa shape index (κ1) is 26.8. The van der Waals surface area contributed by atoms with Gasteiger partial charge in [0.15, 0.2) is 0 Å². The zero-order valence-electron chi connectivity index (χ0n) is 21.7. The second-order valence-electron chi connectivity index (χ2n) is 10.5. The van der Waals surface area contributed by atoms with Crippen molar-refractivity contribution >= 4 is 21.4 Å². The predicted molar refractivity (Wildman–Crippen MR) is 149 cm³/mol. The van der Waals surface area contributed by atoms with Crippen molar-refractivity contribution in [2.75, 3.05) is 5.75 Å². The van der Waals surface area contributed by atoms with Gasteiger partial charge < -0.3 is 9.84 Å². The lowest BCUT2D eigenvalue weighted by Crippen LogP contribution is -2.30. The summed E-state index contributed by atoms with van der Waals surface area (Å²) in [7, 11) is -3.42. The Hall–Kier alpha value is -2.77. The van der Waals surface area contributed by atoms with Crippen molar-refractivity contribution in [3.8, 4) is 32.8 Å². The van der Waals surface area contributed by atoms with E-state index in [-0.39, 0.29) is 29.9 Å². The summed E-state index contributed by atoms with van der Waals surface area (Å²) in [5.74, 6) is 0.950. The van der Waals surface area contributed by atoms with Gasteiger partial charge in [0.05, 0.1) is 28.4 Å². The van der Waals surface area contributed by atoms with Crippen LogP contribution in [0, 0.1) is 17.2 Å². The number of ether oxygens (including phenoxy) is 1. The first-order valence-corrected chi connectivity index (χ1v) is 15.7. The van der Waals surface area contributed by atoms with Crippen LogP contribution in [0.1, 0.15) is 68.7 Å². The van der Waals surface area contributed by atoms with Crippen LogP contribution in [0.4, 0.5) is 0 Å². The molecule has 1 heterocycles. The number of aliphatic hydroxyl groups excluding tert-OH is 1. The number of sulfonamides is 1. The van der Waals surface area contributed by atoms with Gasteiger partial charge in [-0.15, -0.1) is 11.3 Å². The maximum Gasteiger partial charge on any atom is 0.212 e.